The molecule has 0 unspecified atom stereocenters. The lowest BCUT2D eigenvalue weighted by atomic mass is 9.96. The minimum absolute atomic E-state index is 0.0209. The zero-order valence-electron chi connectivity index (χ0n) is 12.7. The number of carbonyl (C=O) groups excluding carboxylic acids is 2. The SMILES string of the molecule is CC(C)(C)OC(=O)N[C@@H](C(N)=O)C1Cc2ccccc2C1. The number of nitrogens with two attached hydrogens (primary N) is 1. The number of ether oxygens (including phenoxy) is 1. The molecule has 0 aliphatic heterocycles. The second kappa shape index (κ2) is 5.76. The summed E-state index contributed by atoms with van der Waals surface area (Å²) in [6, 6.07) is 7.32. The van der Waals surface area contributed by atoms with Gasteiger partial charge in [-0.3, -0.25) is 4.79 Å². The second-order valence-electron chi connectivity index (χ2n) is 6.46. The summed E-state index contributed by atoms with van der Waals surface area (Å²) in [6.45, 7) is 5.33. The van der Waals surface area contributed by atoms with Crippen LogP contribution in [-0.4, -0.2) is 23.6 Å². The fraction of sp³-hybridized carbons (Fsp3) is 0.500. The van der Waals surface area contributed by atoms with Gasteiger partial charge in [0.2, 0.25) is 5.91 Å². The van der Waals surface area contributed by atoms with Crippen molar-refractivity contribution in [1.82, 2.24) is 5.32 Å². The smallest absolute Gasteiger partial charge is 0.408 e. The van der Waals surface area contributed by atoms with E-state index in [1.807, 2.05) is 24.3 Å². The number of hydrogen-bond donors (Lipinski definition) is 2. The van der Waals surface area contributed by atoms with Crippen molar-refractivity contribution in [3.63, 3.8) is 0 Å². The van der Waals surface area contributed by atoms with E-state index in [9.17, 15) is 9.59 Å². The number of primary amides is 1. The fourth-order valence-corrected chi connectivity index (χ4v) is 2.68. The molecule has 5 heteroatoms. The Labute approximate surface area is 124 Å². The van der Waals surface area contributed by atoms with E-state index in [0.29, 0.717) is 0 Å². The van der Waals surface area contributed by atoms with E-state index in [2.05, 4.69) is 5.32 Å². The number of alkyl carbamates (subject to hydrolysis) is 1. The molecule has 114 valence electrons. The van der Waals surface area contributed by atoms with Gasteiger partial charge in [-0.25, -0.2) is 4.79 Å². The Hall–Kier alpha value is -2.04. The van der Waals surface area contributed by atoms with E-state index in [4.69, 9.17) is 10.5 Å². The van der Waals surface area contributed by atoms with Crippen molar-refractivity contribution in [2.24, 2.45) is 11.7 Å². The maximum Gasteiger partial charge on any atom is 0.408 e. The Morgan fingerprint density at radius 1 is 1.24 bits per heavy atom. The summed E-state index contributed by atoms with van der Waals surface area (Å²) in [7, 11) is 0. The predicted octanol–water partition coefficient (Wildman–Crippen LogP) is 1.78. The highest BCUT2D eigenvalue weighted by Gasteiger charge is 2.34. The van der Waals surface area contributed by atoms with Crippen molar-refractivity contribution < 1.29 is 14.3 Å². The van der Waals surface area contributed by atoms with Crippen LogP contribution in [0.25, 0.3) is 0 Å². The second-order valence-corrected chi connectivity index (χ2v) is 6.46. The average Bonchev–Trinajstić information content (AvgIpc) is 2.76. The molecule has 1 atom stereocenters. The van der Waals surface area contributed by atoms with Crippen LogP contribution >= 0.6 is 0 Å². The molecule has 3 N–H and O–H groups in total. The Balaban J connectivity index is 2.05. The lowest BCUT2D eigenvalue weighted by Gasteiger charge is -2.25. The molecular weight excluding hydrogens is 268 g/mol. The van der Waals surface area contributed by atoms with Gasteiger partial charge in [0.05, 0.1) is 0 Å². The zero-order valence-corrected chi connectivity index (χ0v) is 12.7. The quantitative estimate of drug-likeness (QED) is 0.890. The van der Waals surface area contributed by atoms with Gasteiger partial charge in [-0.15, -0.1) is 0 Å². The van der Waals surface area contributed by atoms with E-state index in [1.165, 1.54) is 11.1 Å². The molecule has 0 heterocycles. The molecule has 21 heavy (non-hydrogen) atoms. The van der Waals surface area contributed by atoms with Crippen LogP contribution in [0.2, 0.25) is 0 Å². The molecule has 0 spiro atoms. The molecule has 0 aromatic heterocycles. The first-order chi connectivity index (χ1) is 9.76. The van der Waals surface area contributed by atoms with Gasteiger partial charge in [0.15, 0.2) is 0 Å². The van der Waals surface area contributed by atoms with Gasteiger partial charge in [0, 0.05) is 0 Å². The van der Waals surface area contributed by atoms with Gasteiger partial charge in [0.1, 0.15) is 11.6 Å². The molecule has 1 aromatic carbocycles. The Morgan fingerprint density at radius 3 is 2.19 bits per heavy atom. The van der Waals surface area contributed by atoms with Gasteiger partial charge in [-0.2, -0.15) is 0 Å². The molecule has 1 aliphatic rings. The summed E-state index contributed by atoms with van der Waals surface area (Å²) in [5, 5.41) is 2.61. The van der Waals surface area contributed by atoms with Crippen molar-refractivity contribution in [1.29, 1.82) is 0 Å². The van der Waals surface area contributed by atoms with E-state index in [1.54, 1.807) is 20.8 Å². The van der Waals surface area contributed by atoms with Crippen LogP contribution < -0.4 is 11.1 Å². The lowest BCUT2D eigenvalue weighted by molar-refractivity contribution is -0.121. The Kier molecular flexibility index (Phi) is 4.21. The maximum atomic E-state index is 11.9. The summed E-state index contributed by atoms with van der Waals surface area (Å²) in [5.74, 6) is -0.550. The van der Waals surface area contributed by atoms with Crippen LogP contribution in [0.5, 0.6) is 0 Å². The van der Waals surface area contributed by atoms with Crippen LogP contribution in [0, 0.1) is 5.92 Å². The number of amides is 2. The minimum atomic E-state index is -0.716. The molecule has 0 bridgehead atoms. The van der Waals surface area contributed by atoms with Gasteiger partial charge in [0.25, 0.3) is 0 Å². The summed E-state index contributed by atoms with van der Waals surface area (Å²) in [6.07, 6.45) is 0.862. The van der Waals surface area contributed by atoms with Crippen molar-refractivity contribution in [2.45, 2.75) is 45.3 Å². The largest absolute Gasteiger partial charge is 0.444 e. The highest BCUT2D eigenvalue weighted by atomic mass is 16.6. The highest BCUT2D eigenvalue weighted by molar-refractivity contribution is 5.84. The van der Waals surface area contributed by atoms with Crippen LogP contribution in [0.1, 0.15) is 31.9 Å². The topological polar surface area (TPSA) is 81.4 Å². The van der Waals surface area contributed by atoms with E-state index < -0.39 is 23.6 Å². The molecule has 1 aromatic rings. The number of carbonyl (C=O) groups is 2. The maximum absolute atomic E-state index is 11.9. The highest BCUT2D eigenvalue weighted by Crippen LogP contribution is 2.28. The third-order valence-corrected chi connectivity index (χ3v) is 3.53. The molecular formula is C16H22N2O3. The number of hydrogen-bond acceptors (Lipinski definition) is 3. The number of nitrogens with one attached hydrogen (secondary N) is 1. The summed E-state index contributed by atoms with van der Waals surface area (Å²) >= 11 is 0. The first-order valence-corrected chi connectivity index (χ1v) is 7.12. The van der Waals surface area contributed by atoms with Crippen molar-refractivity contribution in [3.8, 4) is 0 Å². The third-order valence-electron chi connectivity index (χ3n) is 3.53. The Bertz CT molecular complexity index is 524. The average molecular weight is 290 g/mol. The van der Waals surface area contributed by atoms with Gasteiger partial charge in [-0.1, -0.05) is 24.3 Å². The Morgan fingerprint density at radius 2 is 1.76 bits per heavy atom. The summed E-state index contributed by atoms with van der Waals surface area (Å²) in [4.78, 5) is 23.6. The zero-order chi connectivity index (χ0) is 15.6. The molecule has 2 amide bonds. The fourth-order valence-electron chi connectivity index (χ4n) is 2.68. The number of benzene rings is 1. The first kappa shape index (κ1) is 15.4. The van der Waals surface area contributed by atoms with E-state index in [-0.39, 0.29) is 5.92 Å². The molecule has 1 aliphatic carbocycles. The van der Waals surface area contributed by atoms with Gasteiger partial charge in [-0.05, 0) is 50.7 Å². The monoisotopic (exact) mass is 290 g/mol. The predicted molar refractivity (Wildman–Crippen MR) is 79.7 cm³/mol. The summed E-state index contributed by atoms with van der Waals surface area (Å²) < 4.78 is 5.20. The number of rotatable bonds is 3. The van der Waals surface area contributed by atoms with Crippen LogP contribution in [-0.2, 0) is 22.4 Å². The van der Waals surface area contributed by atoms with Crippen molar-refractivity contribution in [3.05, 3.63) is 35.4 Å². The normalized spacial score (nSPS) is 16.1. The van der Waals surface area contributed by atoms with Crippen LogP contribution in [0.4, 0.5) is 4.79 Å². The molecule has 0 saturated carbocycles. The number of fused-ring (bicyclic) bond motifs is 1. The van der Waals surface area contributed by atoms with E-state index >= 15 is 0 Å². The minimum Gasteiger partial charge on any atom is -0.444 e. The molecule has 2 rings (SSSR count). The van der Waals surface area contributed by atoms with E-state index in [0.717, 1.165) is 12.8 Å². The first-order valence-electron chi connectivity index (χ1n) is 7.12. The van der Waals surface area contributed by atoms with Crippen molar-refractivity contribution >= 4 is 12.0 Å². The molecule has 0 fully saturated rings. The molecule has 5 nitrogen and oxygen atoms in total. The summed E-state index contributed by atoms with van der Waals surface area (Å²) in [5.41, 5.74) is 7.26. The lowest BCUT2D eigenvalue weighted by Crippen LogP contribution is -2.50. The van der Waals surface area contributed by atoms with Gasteiger partial charge < -0.3 is 15.8 Å². The van der Waals surface area contributed by atoms with Crippen LogP contribution in [0.3, 0.4) is 0 Å². The van der Waals surface area contributed by atoms with Crippen molar-refractivity contribution in [2.75, 3.05) is 0 Å². The molecule has 0 saturated heterocycles. The van der Waals surface area contributed by atoms with Crippen LogP contribution in [0.15, 0.2) is 24.3 Å². The third kappa shape index (κ3) is 3.97. The standard InChI is InChI=1S/C16H22N2O3/c1-16(2,3)21-15(20)18-13(14(17)19)12-8-10-6-4-5-7-11(10)9-12/h4-7,12-13H,8-9H2,1-3H3,(H2,17,19)(H,18,20)/t13-/m1/s1. The molecule has 0 radical (unpaired) electrons. The van der Waals surface area contributed by atoms with Gasteiger partial charge >= 0.3 is 6.09 Å².